The maximum atomic E-state index is 8.94. The average Bonchev–Trinajstić information content (AvgIpc) is 2.11. The molecule has 0 spiro atoms. The molecule has 0 heterocycles. The van der Waals surface area contributed by atoms with Crippen LogP contribution in [0, 0.1) is 0 Å². The summed E-state index contributed by atoms with van der Waals surface area (Å²) in [6.07, 6.45) is -1.20. The van der Waals surface area contributed by atoms with Crippen LogP contribution < -0.4 is 0 Å². The number of hydrogen-bond donors (Lipinski definition) is 4. The van der Waals surface area contributed by atoms with E-state index in [0.29, 0.717) is 36.9 Å². The molecule has 74 valence electrons. The maximum absolute atomic E-state index is 8.94. The summed E-state index contributed by atoms with van der Waals surface area (Å²) < 4.78 is 0. The van der Waals surface area contributed by atoms with Crippen molar-refractivity contribution in [3.05, 3.63) is 0 Å². The van der Waals surface area contributed by atoms with Crippen molar-refractivity contribution in [3.63, 3.8) is 0 Å². The molecule has 0 fully saturated rings. The molecule has 0 aromatic heterocycles. The minimum atomic E-state index is -0.599. The van der Waals surface area contributed by atoms with Crippen LogP contribution in [0.4, 0.5) is 0 Å². The van der Waals surface area contributed by atoms with Crippen molar-refractivity contribution in [2.45, 2.75) is 22.8 Å². The monoisotopic (exact) mass is 310 g/mol. The van der Waals surface area contributed by atoms with Gasteiger partial charge in [0.15, 0.2) is 0 Å². The van der Waals surface area contributed by atoms with Gasteiger partial charge in [0.2, 0.25) is 0 Å². The standard InChI is InChI=1S/C6H14O4Se2/c7-1-5(9)3-11-12-4-6(10)2-8/h5-10H,1-4H2. The van der Waals surface area contributed by atoms with Gasteiger partial charge in [-0.1, -0.05) is 0 Å². The molecule has 0 aliphatic heterocycles. The molecule has 0 aliphatic carbocycles. The Balaban J connectivity index is 3.10. The number of rotatable bonds is 7. The van der Waals surface area contributed by atoms with Gasteiger partial charge in [-0.25, -0.2) is 0 Å². The average molecular weight is 308 g/mol. The van der Waals surface area contributed by atoms with Crippen LogP contribution in [0.25, 0.3) is 0 Å². The third kappa shape index (κ3) is 7.52. The second-order valence-corrected chi connectivity index (χ2v) is 9.77. The Kier molecular flexibility index (Phi) is 9.10. The number of aliphatic hydroxyl groups excluding tert-OH is 4. The van der Waals surface area contributed by atoms with Gasteiger partial charge in [0.1, 0.15) is 0 Å². The predicted octanol–water partition coefficient (Wildman–Crippen LogP) is -2.15. The third-order valence-corrected chi connectivity index (χ3v) is 8.35. The fraction of sp³-hybridized carbons (Fsp3) is 1.00. The van der Waals surface area contributed by atoms with Crippen LogP contribution in [0.5, 0.6) is 0 Å². The number of hydrogen-bond acceptors (Lipinski definition) is 4. The normalized spacial score (nSPS) is 16.0. The van der Waals surface area contributed by atoms with Crippen molar-refractivity contribution in [1.29, 1.82) is 0 Å². The molecule has 6 heteroatoms. The molecule has 4 N–H and O–H groups in total. The van der Waals surface area contributed by atoms with Gasteiger partial charge in [-0.3, -0.25) is 0 Å². The fourth-order valence-corrected chi connectivity index (χ4v) is 7.39. The SMILES string of the molecule is OCC(O)C[Se][Se]CC(O)CO. The molecule has 12 heavy (non-hydrogen) atoms. The van der Waals surface area contributed by atoms with Crippen LogP contribution in [0.3, 0.4) is 0 Å². The first-order valence-corrected chi connectivity index (χ1v) is 10.3. The van der Waals surface area contributed by atoms with E-state index in [9.17, 15) is 0 Å². The van der Waals surface area contributed by atoms with Gasteiger partial charge in [-0.15, -0.1) is 0 Å². The Bertz CT molecular complexity index is 91.5. The Labute approximate surface area is 82.9 Å². The summed E-state index contributed by atoms with van der Waals surface area (Å²) in [7, 11) is 0. The quantitative estimate of drug-likeness (QED) is 0.319. The first kappa shape index (κ1) is 12.9. The Morgan fingerprint density at radius 1 is 0.833 bits per heavy atom. The third-order valence-electron chi connectivity index (χ3n) is 1.03. The van der Waals surface area contributed by atoms with Crippen LogP contribution in [0.15, 0.2) is 0 Å². The zero-order valence-corrected chi connectivity index (χ0v) is 10.0. The Morgan fingerprint density at radius 2 is 1.17 bits per heavy atom. The molecule has 4 nitrogen and oxygen atoms in total. The van der Waals surface area contributed by atoms with Crippen LogP contribution >= 0.6 is 0 Å². The predicted molar refractivity (Wildman–Crippen MR) is 47.3 cm³/mol. The van der Waals surface area contributed by atoms with E-state index in [-0.39, 0.29) is 13.2 Å². The Morgan fingerprint density at radius 3 is 1.42 bits per heavy atom. The summed E-state index contributed by atoms with van der Waals surface area (Å²) >= 11 is 0.622. The van der Waals surface area contributed by atoms with Gasteiger partial charge in [0.05, 0.1) is 0 Å². The molecular formula is C6H14O4Se2. The molecule has 0 saturated carbocycles. The van der Waals surface area contributed by atoms with Crippen molar-refractivity contribution in [2.75, 3.05) is 13.2 Å². The van der Waals surface area contributed by atoms with Gasteiger partial charge in [-0.05, 0) is 0 Å². The van der Waals surface area contributed by atoms with Gasteiger partial charge < -0.3 is 0 Å². The second kappa shape index (κ2) is 8.48. The van der Waals surface area contributed by atoms with Crippen LogP contribution in [0.1, 0.15) is 0 Å². The van der Waals surface area contributed by atoms with Gasteiger partial charge in [0.25, 0.3) is 0 Å². The second-order valence-electron chi connectivity index (χ2n) is 2.24. The molecule has 2 unspecified atom stereocenters. The minimum absolute atomic E-state index is 0.180. The summed E-state index contributed by atoms with van der Waals surface area (Å²) in [6.45, 7) is -0.360. The zero-order chi connectivity index (χ0) is 9.40. The van der Waals surface area contributed by atoms with E-state index in [0.717, 1.165) is 0 Å². The van der Waals surface area contributed by atoms with E-state index in [1.165, 1.54) is 0 Å². The summed E-state index contributed by atoms with van der Waals surface area (Å²) in [4.78, 5) is 0. The van der Waals surface area contributed by atoms with E-state index in [2.05, 4.69) is 0 Å². The first-order chi connectivity index (χ1) is 5.70. The molecule has 0 aliphatic rings. The van der Waals surface area contributed by atoms with E-state index in [1.54, 1.807) is 0 Å². The molecular weight excluding hydrogens is 294 g/mol. The fourth-order valence-electron chi connectivity index (χ4n) is 0.359. The van der Waals surface area contributed by atoms with E-state index in [1.807, 2.05) is 0 Å². The molecule has 0 bridgehead atoms. The van der Waals surface area contributed by atoms with Gasteiger partial charge in [-0.2, -0.15) is 0 Å². The molecule has 0 aromatic carbocycles. The number of aliphatic hydroxyl groups is 4. The van der Waals surface area contributed by atoms with Crippen LogP contribution in [0.2, 0.25) is 10.6 Å². The molecule has 0 amide bonds. The van der Waals surface area contributed by atoms with Gasteiger partial charge >= 0.3 is 82.7 Å². The van der Waals surface area contributed by atoms with E-state index in [4.69, 9.17) is 20.4 Å². The van der Waals surface area contributed by atoms with E-state index >= 15 is 0 Å². The van der Waals surface area contributed by atoms with Crippen molar-refractivity contribution < 1.29 is 20.4 Å². The molecule has 0 radical (unpaired) electrons. The molecule has 2 atom stereocenters. The van der Waals surface area contributed by atoms with Crippen molar-refractivity contribution in [2.24, 2.45) is 0 Å². The van der Waals surface area contributed by atoms with Crippen molar-refractivity contribution in [1.82, 2.24) is 0 Å². The van der Waals surface area contributed by atoms with E-state index < -0.39 is 12.2 Å². The summed E-state index contributed by atoms with van der Waals surface area (Å²) in [5, 5.41) is 36.1. The molecule has 0 aromatic rings. The molecule has 0 rings (SSSR count). The van der Waals surface area contributed by atoms with Crippen molar-refractivity contribution >= 4 is 26.3 Å². The topological polar surface area (TPSA) is 80.9 Å². The van der Waals surface area contributed by atoms with Crippen molar-refractivity contribution in [3.8, 4) is 0 Å². The zero-order valence-electron chi connectivity index (χ0n) is 6.59. The van der Waals surface area contributed by atoms with Crippen LogP contribution in [-0.2, 0) is 0 Å². The van der Waals surface area contributed by atoms with Gasteiger partial charge in [0, 0.05) is 0 Å². The summed E-state index contributed by atoms with van der Waals surface area (Å²) in [5.41, 5.74) is 0. The van der Waals surface area contributed by atoms with Crippen LogP contribution in [-0.4, -0.2) is 72.1 Å². The first-order valence-electron chi connectivity index (χ1n) is 3.53. The molecule has 0 saturated heterocycles. The Hall–Kier alpha value is 0.879. The summed E-state index contributed by atoms with van der Waals surface area (Å²) in [5.74, 6) is 0. The summed E-state index contributed by atoms with van der Waals surface area (Å²) in [6, 6.07) is 0.